The topological polar surface area (TPSA) is 47.3 Å². The second-order valence-corrected chi connectivity index (χ2v) is 4.24. The summed E-state index contributed by atoms with van der Waals surface area (Å²) in [6.45, 7) is 7.82. The Bertz CT molecular complexity index is 313. The average molecular weight is 222 g/mol. The van der Waals surface area contributed by atoms with Gasteiger partial charge in [0, 0.05) is 6.61 Å². The molecule has 0 bridgehead atoms. The minimum atomic E-state index is 0.296. The first-order valence-corrected chi connectivity index (χ1v) is 5.84. The standard InChI is InChI=1S/C13H22N2O/c1-4-16-9-13(10(2)3)15-12-8-6-5-7-11(12)14/h5-8,10,13,15H,4,9,14H2,1-3H3. The summed E-state index contributed by atoms with van der Waals surface area (Å²) < 4.78 is 5.47. The zero-order chi connectivity index (χ0) is 12.0. The minimum Gasteiger partial charge on any atom is -0.397 e. The molecule has 0 aliphatic heterocycles. The maximum Gasteiger partial charge on any atom is 0.0670 e. The summed E-state index contributed by atoms with van der Waals surface area (Å²) in [5.74, 6) is 0.506. The lowest BCUT2D eigenvalue weighted by atomic mass is 10.0. The third-order valence-corrected chi connectivity index (χ3v) is 2.61. The Hall–Kier alpha value is -1.22. The molecule has 0 amide bonds. The van der Waals surface area contributed by atoms with E-state index in [1.54, 1.807) is 0 Å². The number of para-hydroxylation sites is 2. The molecule has 3 nitrogen and oxygen atoms in total. The summed E-state index contributed by atoms with van der Waals surface area (Å²) in [6, 6.07) is 8.12. The fourth-order valence-corrected chi connectivity index (χ4v) is 1.47. The van der Waals surface area contributed by atoms with Gasteiger partial charge in [0.15, 0.2) is 0 Å². The van der Waals surface area contributed by atoms with Gasteiger partial charge in [-0.25, -0.2) is 0 Å². The van der Waals surface area contributed by atoms with Gasteiger partial charge in [0.2, 0.25) is 0 Å². The van der Waals surface area contributed by atoms with Crippen LogP contribution in [0.3, 0.4) is 0 Å². The lowest BCUT2D eigenvalue weighted by Crippen LogP contribution is -2.31. The first kappa shape index (κ1) is 12.8. The Morgan fingerprint density at radius 1 is 1.31 bits per heavy atom. The summed E-state index contributed by atoms with van der Waals surface area (Å²) in [5, 5.41) is 3.43. The molecule has 0 heterocycles. The Kier molecular flexibility index (Phi) is 5.12. The van der Waals surface area contributed by atoms with E-state index in [4.69, 9.17) is 10.5 Å². The number of ether oxygens (including phenoxy) is 1. The van der Waals surface area contributed by atoms with Crippen molar-refractivity contribution < 1.29 is 4.74 Å². The van der Waals surface area contributed by atoms with Crippen LogP contribution in [-0.4, -0.2) is 19.3 Å². The van der Waals surface area contributed by atoms with Crippen molar-refractivity contribution in [1.29, 1.82) is 0 Å². The molecule has 0 aromatic heterocycles. The third kappa shape index (κ3) is 3.74. The third-order valence-electron chi connectivity index (χ3n) is 2.61. The van der Waals surface area contributed by atoms with Crippen LogP contribution in [0.2, 0.25) is 0 Å². The van der Waals surface area contributed by atoms with E-state index in [9.17, 15) is 0 Å². The summed E-state index contributed by atoms with van der Waals surface area (Å²) in [6.07, 6.45) is 0. The molecule has 0 radical (unpaired) electrons. The van der Waals surface area contributed by atoms with Gasteiger partial charge < -0.3 is 15.8 Å². The van der Waals surface area contributed by atoms with Gasteiger partial charge in [-0.15, -0.1) is 0 Å². The molecule has 1 aromatic carbocycles. The lowest BCUT2D eigenvalue weighted by Gasteiger charge is -2.24. The predicted molar refractivity (Wildman–Crippen MR) is 69.6 cm³/mol. The number of nitrogens with one attached hydrogen (secondary N) is 1. The van der Waals surface area contributed by atoms with Crippen LogP contribution in [0, 0.1) is 5.92 Å². The Morgan fingerprint density at radius 2 is 2.00 bits per heavy atom. The van der Waals surface area contributed by atoms with Crippen molar-refractivity contribution in [2.24, 2.45) is 5.92 Å². The highest BCUT2D eigenvalue weighted by Gasteiger charge is 2.13. The molecule has 0 saturated carbocycles. The SMILES string of the molecule is CCOCC(Nc1ccccc1N)C(C)C. The summed E-state index contributed by atoms with van der Waals surface area (Å²) in [7, 11) is 0. The zero-order valence-corrected chi connectivity index (χ0v) is 10.4. The number of nitrogen functional groups attached to an aromatic ring is 1. The van der Waals surface area contributed by atoms with Crippen molar-refractivity contribution in [3.8, 4) is 0 Å². The van der Waals surface area contributed by atoms with Gasteiger partial charge in [0.25, 0.3) is 0 Å². The molecule has 3 heteroatoms. The lowest BCUT2D eigenvalue weighted by molar-refractivity contribution is 0.127. The number of hydrogen-bond acceptors (Lipinski definition) is 3. The monoisotopic (exact) mass is 222 g/mol. The quantitative estimate of drug-likeness (QED) is 0.728. The molecule has 0 fully saturated rings. The first-order valence-electron chi connectivity index (χ1n) is 5.84. The summed E-state index contributed by atoms with van der Waals surface area (Å²) >= 11 is 0. The fourth-order valence-electron chi connectivity index (χ4n) is 1.47. The molecule has 3 N–H and O–H groups in total. The highest BCUT2D eigenvalue weighted by Crippen LogP contribution is 2.20. The van der Waals surface area contributed by atoms with Gasteiger partial charge in [0.05, 0.1) is 24.0 Å². The normalized spacial score (nSPS) is 12.8. The van der Waals surface area contributed by atoms with E-state index < -0.39 is 0 Å². The molecular weight excluding hydrogens is 200 g/mol. The molecule has 0 aliphatic rings. The van der Waals surface area contributed by atoms with Crippen molar-refractivity contribution in [3.63, 3.8) is 0 Å². The zero-order valence-electron chi connectivity index (χ0n) is 10.4. The van der Waals surface area contributed by atoms with Gasteiger partial charge in [-0.1, -0.05) is 26.0 Å². The van der Waals surface area contributed by atoms with Crippen LogP contribution in [0.5, 0.6) is 0 Å². The van der Waals surface area contributed by atoms with Crippen LogP contribution in [0.1, 0.15) is 20.8 Å². The van der Waals surface area contributed by atoms with Gasteiger partial charge in [0.1, 0.15) is 0 Å². The first-order chi connectivity index (χ1) is 7.65. The van der Waals surface area contributed by atoms with Crippen LogP contribution in [-0.2, 0) is 4.74 Å². The molecule has 16 heavy (non-hydrogen) atoms. The maximum atomic E-state index is 5.89. The molecule has 1 unspecified atom stereocenters. The Labute approximate surface area is 98.0 Å². The highest BCUT2D eigenvalue weighted by molar-refractivity contribution is 5.66. The molecule has 1 aromatic rings. The Morgan fingerprint density at radius 3 is 2.56 bits per heavy atom. The molecule has 1 rings (SSSR count). The molecular formula is C13H22N2O. The molecule has 90 valence electrons. The number of anilines is 2. The van der Waals surface area contributed by atoms with Crippen LogP contribution in [0.25, 0.3) is 0 Å². The van der Waals surface area contributed by atoms with Crippen molar-refractivity contribution in [3.05, 3.63) is 24.3 Å². The van der Waals surface area contributed by atoms with Crippen LogP contribution in [0.4, 0.5) is 11.4 Å². The van der Waals surface area contributed by atoms with Gasteiger partial charge in [-0.2, -0.15) is 0 Å². The number of nitrogens with two attached hydrogens (primary N) is 1. The minimum absolute atomic E-state index is 0.296. The van der Waals surface area contributed by atoms with Crippen LogP contribution < -0.4 is 11.1 Å². The average Bonchev–Trinajstić information content (AvgIpc) is 2.26. The molecule has 1 atom stereocenters. The van der Waals surface area contributed by atoms with Crippen molar-refractivity contribution in [2.45, 2.75) is 26.8 Å². The van der Waals surface area contributed by atoms with Gasteiger partial charge in [-0.3, -0.25) is 0 Å². The van der Waals surface area contributed by atoms with Crippen molar-refractivity contribution in [2.75, 3.05) is 24.3 Å². The van der Waals surface area contributed by atoms with E-state index in [1.807, 2.05) is 31.2 Å². The fraction of sp³-hybridized carbons (Fsp3) is 0.538. The highest BCUT2D eigenvalue weighted by atomic mass is 16.5. The van der Waals surface area contributed by atoms with Gasteiger partial charge in [-0.05, 0) is 25.0 Å². The van der Waals surface area contributed by atoms with Gasteiger partial charge >= 0.3 is 0 Å². The van der Waals surface area contributed by atoms with E-state index in [1.165, 1.54) is 0 Å². The number of benzene rings is 1. The predicted octanol–water partition coefficient (Wildman–Crippen LogP) is 2.74. The Balaban J connectivity index is 2.64. The van der Waals surface area contributed by atoms with E-state index in [0.717, 1.165) is 18.0 Å². The number of rotatable bonds is 6. The maximum absolute atomic E-state index is 5.89. The van der Waals surface area contributed by atoms with Crippen molar-refractivity contribution >= 4 is 11.4 Å². The van der Waals surface area contributed by atoms with Crippen LogP contribution in [0.15, 0.2) is 24.3 Å². The molecule has 0 saturated heterocycles. The summed E-state index contributed by atoms with van der Waals surface area (Å²) in [5.41, 5.74) is 7.66. The van der Waals surface area contributed by atoms with Crippen LogP contribution >= 0.6 is 0 Å². The number of hydrogen-bond donors (Lipinski definition) is 2. The second kappa shape index (κ2) is 6.38. The largest absolute Gasteiger partial charge is 0.397 e. The summed E-state index contributed by atoms with van der Waals surface area (Å²) in [4.78, 5) is 0. The van der Waals surface area contributed by atoms with Crippen molar-refractivity contribution in [1.82, 2.24) is 0 Å². The smallest absolute Gasteiger partial charge is 0.0670 e. The van der Waals surface area contributed by atoms with E-state index >= 15 is 0 Å². The molecule has 0 spiro atoms. The molecule has 0 aliphatic carbocycles. The van der Waals surface area contributed by atoms with E-state index in [2.05, 4.69) is 19.2 Å². The van der Waals surface area contributed by atoms with E-state index in [-0.39, 0.29) is 0 Å². The van der Waals surface area contributed by atoms with E-state index in [0.29, 0.717) is 18.6 Å². The second-order valence-electron chi connectivity index (χ2n) is 4.24.